The molecule has 27 heavy (non-hydrogen) atoms. The smallest absolute Gasteiger partial charge is 0.224 e. The van der Waals surface area contributed by atoms with E-state index in [4.69, 9.17) is 4.74 Å². The van der Waals surface area contributed by atoms with E-state index in [1.165, 1.54) is 25.0 Å². The average molecular weight is 368 g/mol. The van der Waals surface area contributed by atoms with Crippen molar-refractivity contribution in [3.05, 3.63) is 59.9 Å². The van der Waals surface area contributed by atoms with Gasteiger partial charge in [0.1, 0.15) is 18.2 Å². The summed E-state index contributed by atoms with van der Waals surface area (Å²) in [6.45, 7) is 0.285. The van der Waals surface area contributed by atoms with Crippen LogP contribution in [0.5, 0.6) is 5.75 Å². The fourth-order valence-corrected chi connectivity index (χ4v) is 4.27. The summed E-state index contributed by atoms with van der Waals surface area (Å²) < 4.78 is 19.0. The standard InChI is InChI=1S/C22H25FN2O2/c23-17-4-1-3-15(9-17)14-27-21-6-2-5-18(13-21)25-22(26)12-16-10-19-7-8-20(11-16)24-19/h1-6,9,13,16,19-20,24H,7-8,10-12,14H2,(H,25,26). The Morgan fingerprint density at radius 1 is 1.11 bits per heavy atom. The molecule has 2 aromatic rings. The van der Waals surface area contributed by atoms with Gasteiger partial charge in [-0.3, -0.25) is 4.79 Å². The predicted octanol–water partition coefficient (Wildman–Crippen LogP) is 4.26. The van der Waals surface area contributed by atoms with Crippen molar-refractivity contribution in [1.29, 1.82) is 0 Å². The van der Waals surface area contributed by atoms with Crippen molar-refractivity contribution in [2.45, 2.75) is 50.8 Å². The maximum Gasteiger partial charge on any atom is 0.224 e. The second-order valence-corrected chi connectivity index (χ2v) is 7.67. The normalized spacial score (nSPS) is 23.8. The van der Waals surface area contributed by atoms with Crippen molar-refractivity contribution >= 4 is 11.6 Å². The fraction of sp³-hybridized carbons (Fsp3) is 0.409. The SMILES string of the molecule is O=C(CC1CC2CCC(C1)N2)Nc1cccc(OCc2cccc(F)c2)c1. The number of carbonyl (C=O) groups is 1. The number of piperidine rings is 1. The van der Waals surface area contributed by atoms with Gasteiger partial charge < -0.3 is 15.4 Å². The first-order chi connectivity index (χ1) is 13.1. The lowest BCUT2D eigenvalue weighted by Crippen LogP contribution is -2.39. The van der Waals surface area contributed by atoms with Crippen LogP contribution >= 0.6 is 0 Å². The van der Waals surface area contributed by atoms with Crippen molar-refractivity contribution in [2.24, 2.45) is 5.92 Å². The van der Waals surface area contributed by atoms with E-state index in [-0.39, 0.29) is 18.3 Å². The Labute approximate surface area is 159 Å². The minimum absolute atomic E-state index is 0.0589. The number of benzene rings is 2. The second kappa shape index (κ2) is 8.09. The number of rotatable bonds is 6. The molecular weight excluding hydrogens is 343 g/mol. The van der Waals surface area contributed by atoms with E-state index in [1.54, 1.807) is 6.07 Å². The molecule has 1 amide bonds. The lowest BCUT2D eigenvalue weighted by atomic mass is 9.89. The molecule has 2 atom stereocenters. The monoisotopic (exact) mass is 368 g/mol. The van der Waals surface area contributed by atoms with Gasteiger partial charge in [0.25, 0.3) is 0 Å². The molecule has 0 radical (unpaired) electrons. The van der Waals surface area contributed by atoms with Crippen molar-refractivity contribution in [3.63, 3.8) is 0 Å². The number of halogens is 1. The van der Waals surface area contributed by atoms with Crippen molar-refractivity contribution in [2.75, 3.05) is 5.32 Å². The molecule has 0 aliphatic carbocycles. The zero-order valence-electron chi connectivity index (χ0n) is 15.3. The molecule has 2 fully saturated rings. The maximum atomic E-state index is 13.2. The van der Waals surface area contributed by atoms with Crippen molar-refractivity contribution in [1.82, 2.24) is 5.32 Å². The first-order valence-corrected chi connectivity index (χ1v) is 9.67. The summed E-state index contributed by atoms with van der Waals surface area (Å²) in [5.74, 6) is 0.903. The van der Waals surface area contributed by atoms with Crippen LogP contribution in [-0.4, -0.2) is 18.0 Å². The molecular formula is C22H25FN2O2. The number of amides is 1. The van der Waals surface area contributed by atoms with Gasteiger partial charge in [0.2, 0.25) is 5.91 Å². The summed E-state index contributed by atoms with van der Waals surface area (Å²) in [5.41, 5.74) is 1.50. The topological polar surface area (TPSA) is 50.4 Å². The van der Waals surface area contributed by atoms with E-state index in [2.05, 4.69) is 10.6 Å². The summed E-state index contributed by atoms with van der Waals surface area (Å²) in [5, 5.41) is 6.60. The molecule has 0 spiro atoms. The van der Waals surface area contributed by atoms with Gasteiger partial charge in [0, 0.05) is 30.3 Å². The lowest BCUT2D eigenvalue weighted by molar-refractivity contribution is -0.117. The molecule has 142 valence electrons. The third kappa shape index (κ3) is 4.86. The highest BCUT2D eigenvalue weighted by Crippen LogP contribution is 2.33. The van der Waals surface area contributed by atoms with Crippen molar-refractivity contribution < 1.29 is 13.9 Å². The Bertz CT molecular complexity index is 798. The van der Waals surface area contributed by atoms with Crippen molar-refractivity contribution in [3.8, 4) is 5.75 Å². The molecule has 4 rings (SSSR count). The van der Waals surface area contributed by atoms with Crippen LogP contribution in [0.4, 0.5) is 10.1 Å². The van der Waals surface area contributed by atoms with Crippen LogP contribution in [0.3, 0.4) is 0 Å². The third-order valence-electron chi connectivity index (χ3n) is 5.46. The summed E-state index contributed by atoms with van der Waals surface area (Å²) in [7, 11) is 0. The number of carbonyl (C=O) groups excluding carboxylic acids is 1. The molecule has 2 bridgehead atoms. The van der Waals surface area contributed by atoms with E-state index in [1.807, 2.05) is 30.3 Å². The van der Waals surface area contributed by atoms with Gasteiger partial charge in [-0.15, -0.1) is 0 Å². The molecule has 2 saturated heterocycles. The molecule has 0 saturated carbocycles. The van der Waals surface area contributed by atoms with Gasteiger partial charge in [-0.2, -0.15) is 0 Å². The summed E-state index contributed by atoms with van der Waals surface area (Å²) in [4.78, 5) is 12.4. The molecule has 2 aromatic carbocycles. The van der Waals surface area contributed by atoms with Crippen LogP contribution in [0.15, 0.2) is 48.5 Å². The zero-order valence-corrected chi connectivity index (χ0v) is 15.3. The molecule has 2 aliphatic rings. The Hall–Kier alpha value is -2.40. The van der Waals surface area contributed by atoms with Crippen LogP contribution in [0.25, 0.3) is 0 Å². The van der Waals surface area contributed by atoms with E-state index >= 15 is 0 Å². The van der Waals surface area contributed by atoms with Gasteiger partial charge in [-0.1, -0.05) is 18.2 Å². The molecule has 2 aliphatic heterocycles. The number of hydrogen-bond acceptors (Lipinski definition) is 3. The van der Waals surface area contributed by atoms with E-state index in [0.717, 1.165) is 24.1 Å². The van der Waals surface area contributed by atoms with Gasteiger partial charge in [0.05, 0.1) is 0 Å². The Morgan fingerprint density at radius 3 is 2.67 bits per heavy atom. The van der Waals surface area contributed by atoms with Gasteiger partial charge in [-0.25, -0.2) is 4.39 Å². The number of anilines is 1. The first-order valence-electron chi connectivity index (χ1n) is 9.67. The number of ether oxygens (including phenoxy) is 1. The number of fused-ring (bicyclic) bond motifs is 2. The van der Waals surface area contributed by atoms with Crippen LogP contribution < -0.4 is 15.4 Å². The van der Waals surface area contributed by atoms with Gasteiger partial charge in [0.15, 0.2) is 0 Å². The van der Waals surface area contributed by atoms with Crippen LogP contribution in [0, 0.1) is 11.7 Å². The molecule has 0 aromatic heterocycles. The lowest BCUT2D eigenvalue weighted by Gasteiger charge is -2.28. The predicted molar refractivity (Wildman–Crippen MR) is 103 cm³/mol. The Morgan fingerprint density at radius 2 is 1.89 bits per heavy atom. The third-order valence-corrected chi connectivity index (χ3v) is 5.46. The number of nitrogens with one attached hydrogen (secondary N) is 2. The largest absolute Gasteiger partial charge is 0.489 e. The quantitative estimate of drug-likeness (QED) is 0.801. The van der Waals surface area contributed by atoms with E-state index in [9.17, 15) is 9.18 Å². The summed E-state index contributed by atoms with van der Waals surface area (Å²) in [6.07, 6.45) is 5.26. The van der Waals surface area contributed by atoms with Crippen LogP contribution in [0.2, 0.25) is 0 Å². The fourth-order valence-electron chi connectivity index (χ4n) is 4.27. The van der Waals surface area contributed by atoms with Crippen LogP contribution in [0.1, 0.15) is 37.7 Å². The van der Waals surface area contributed by atoms with E-state index in [0.29, 0.717) is 30.2 Å². The Balaban J connectivity index is 1.30. The second-order valence-electron chi connectivity index (χ2n) is 7.67. The van der Waals surface area contributed by atoms with Crippen LogP contribution in [-0.2, 0) is 11.4 Å². The zero-order chi connectivity index (χ0) is 18.6. The maximum absolute atomic E-state index is 13.2. The highest BCUT2D eigenvalue weighted by molar-refractivity contribution is 5.91. The molecule has 2 N–H and O–H groups in total. The minimum atomic E-state index is -0.275. The molecule has 2 heterocycles. The first kappa shape index (κ1) is 18.0. The average Bonchev–Trinajstić information content (AvgIpc) is 2.99. The number of hydrogen-bond donors (Lipinski definition) is 2. The molecule has 2 unspecified atom stereocenters. The Kier molecular flexibility index (Phi) is 5.39. The molecule has 5 heteroatoms. The summed E-state index contributed by atoms with van der Waals surface area (Å²) >= 11 is 0. The highest BCUT2D eigenvalue weighted by Gasteiger charge is 2.34. The van der Waals surface area contributed by atoms with E-state index < -0.39 is 0 Å². The summed E-state index contributed by atoms with van der Waals surface area (Å²) in [6, 6.07) is 14.9. The minimum Gasteiger partial charge on any atom is -0.489 e. The van der Waals surface area contributed by atoms with Gasteiger partial charge >= 0.3 is 0 Å². The highest BCUT2D eigenvalue weighted by atomic mass is 19.1. The molecule has 4 nitrogen and oxygen atoms in total. The van der Waals surface area contributed by atoms with Gasteiger partial charge in [-0.05, 0) is 61.4 Å².